The van der Waals surface area contributed by atoms with Crippen molar-refractivity contribution in [2.45, 2.75) is 31.8 Å². The van der Waals surface area contributed by atoms with Gasteiger partial charge in [-0.1, -0.05) is 18.0 Å². The number of hydrogen-bond donors (Lipinski definition) is 2. The Balaban J connectivity index is 0.00000220. The summed E-state index contributed by atoms with van der Waals surface area (Å²) in [6, 6.07) is 3.12. The fourth-order valence-electron chi connectivity index (χ4n) is 2.33. The topological polar surface area (TPSA) is 69.6 Å². The van der Waals surface area contributed by atoms with Crippen molar-refractivity contribution in [2.75, 3.05) is 13.1 Å². The fourth-order valence-corrected chi connectivity index (χ4v) is 3.36. The maximum absolute atomic E-state index is 11.9. The number of hydrogen-bond acceptors (Lipinski definition) is 4. The maximum atomic E-state index is 11.9. The number of piperidine rings is 1. The SMILES string of the molecule is Cl.O=C(CN1CCCCC1C(=O)O)NCc1ccc(Cl)s1. The first kappa shape index (κ1) is 18.2. The van der Waals surface area contributed by atoms with E-state index in [0.717, 1.165) is 17.7 Å². The monoisotopic (exact) mass is 352 g/mol. The fraction of sp³-hybridized carbons (Fsp3) is 0.538. The lowest BCUT2D eigenvalue weighted by atomic mass is 10.0. The van der Waals surface area contributed by atoms with Crippen LogP contribution in [0.2, 0.25) is 4.34 Å². The van der Waals surface area contributed by atoms with Crippen LogP contribution < -0.4 is 5.32 Å². The van der Waals surface area contributed by atoms with Crippen LogP contribution in [0.3, 0.4) is 0 Å². The Labute approximate surface area is 138 Å². The van der Waals surface area contributed by atoms with Crippen LogP contribution in [0.15, 0.2) is 12.1 Å². The van der Waals surface area contributed by atoms with Crippen LogP contribution in [0.4, 0.5) is 0 Å². The van der Waals surface area contributed by atoms with Crippen molar-refractivity contribution >= 4 is 47.2 Å². The van der Waals surface area contributed by atoms with E-state index in [1.54, 1.807) is 11.0 Å². The van der Waals surface area contributed by atoms with Gasteiger partial charge in [-0.2, -0.15) is 0 Å². The molecule has 1 atom stereocenters. The van der Waals surface area contributed by atoms with Crippen molar-refractivity contribution in [1.82, 2.24) is 10.2 Å². The van der Waals surface area contributed by atoms with Crippen LogP contribution in [0.5, 0.6) is 0 Å². The van der Waals surface area contributed by atoms with Crippen LogP contribution in [0.1, 0.15) is 24.1 Å². The predicted octanol–water partition coefficient (Wildman–Crippen LogP) is 2.38. The summed E-state index contributed by atoms with van der Waals surface area (Å²) < 4.78 is 0.691. The largest absolute Gasteiger partial charge is 0.480 e. The highest BCUT2D eigenvalue weighted by molar-refractivity contribution is 7.16. The number of carbonyl (C=O) groups excluding carboxylic acids is 1. The molecule has 118 valence electrons. The molecule has 2 heterocycles. The van der Waals surface area contributed by atoms with E-state index in [4.69, 9.17) is 16.7 Å². The van der Waals surface area contributed by atoms with Crippen LogP contribution in [-0.4, -0.2) is 41.0 Å². The van der Waals surface area contributed by atoms with E-state index < -0.39 is 12.0 Å². The normalized spacial score (nSPS) is 18.8. The Kier molecular flexibility index (Phi) is 7.45. The minimum absolute atomic E-state index is 0. The molecule has 1 unspecified atom stereocenters. The second-order valence-corrected chi connectivity index (χ2v) is 6.60. The summed E-state index contributed by atoms with van der Waals surface area (Å²) in [5.41, 5.74) is 0. The molecule has 8 heteroatoms. The molecular formula is C13H18Cl2N2O3S. The molecule has 1 saturated heterocycles. The molecule has 0 aliphatic carbocycles. The van der Waals surface area contributed by atoms with Crippen molar-refractivity contribution in [3.63, 3.8) is 0 Å². The third-order valence-electron chi connectivity index (χ3n) is 3.33. The van der Waals surface area contributed by atoms with Gasteiger partial charge in [0.2, 0.25) is 5.91 Å². The van der Waals surface area contributed by atoms with Gasteiger partial charge < -0.3 is 10.4 Å². The standard InChI is InChI=1S/C13H17ClN2O3S.ClH/c14-11-5-4-9(20-11)7-15-12(17)8-16-6-2-1-3-10(16)13(18)19;/h4-5,10H,1-3,6-8H2,(H,15,17)(H,18,19);1H. The van der Waals surface area contributed by atoms with Crippen LogP contribution in [0.25, 0.3) is 0 Å². The lowest BCUT2D eigenvalue weighted by Gasteiger charge is -2.32. The number of amides is 1. The van der Waals surface area contributed by atoms with Gasteiger partial charge in [-0.25, -0.2) is 0 Å². The van der Waals surface area contributed by atoms with E-state index >= 15 is 0 Å². The highest BCUT2D eigenvalue weighted by Gasteiger charge is 2.29. The molecule has 5 nitrogen and oxygen atoms in total. The van der Waals surface area contributed by atoms with Gasteiger partial charge >= 0.3 is 5.97 Å². The lowest BCUT2D eigenvalue weighted by molar-refractivity contribution is -0.145. The summed E-state index contributed by atoms with van der Waals surface area (Å²) in [6.07, 6.45) is 2.46. The van der Waals surface area contributed by atoms with E-state index in [1.807, 2.05) is 6.07 Å². The van der Waals surface area contributed by atoms with Crippen LogP contribution in [-0.2, 0) is 16.1 Å². The van der Waals surface area contributed by atoms with E-state index in [9.17, 15) is 9.59 Å². The number of halogens is 2. The van der Waals surface area contributed by atoms with Gasteiger partial charge in [0.25, 0.3) is 0 Å². The summed E-state index contributed by atoms with van der Waals surface area (Å²) in [6.45, 7) is 1.23. The molecule has 2 N–H and O–H groups in total. The molecule has 0 bridgehead atoms. The smallest absolute Gasteiger partial charge is 0.320 e. The van der Waals surface area contributed by atoms with Gasteiger partial charge in [0.05, 0.1) is 17.4 Å². The average molecular weight is 353 g/mol. The van der Waals surface area contributed by atoms with E-state index in [0.29, 0.717) is 23.8 Å². The molecule has 1 amide bonds. The summed E-state index contributed by atoms with van der Waals surface area (Å²) in [7, 11) is 0. The number of thiophene rings is 1. The Hall–Kier alpha value is -0.820. The second kappa shape index (κ2) is 8.58. The minimum atomic E-state index is -0.845. The number of likely N-dealkylation sites (tertiary alicyclic amines) is 1. The van der Waals surface area contributed by atoms with Crippen molar-refractivity contribution in [2.24, 2.45) is 0 Å². The summed E-state index contributed by atoms with van der Waals surface area (Å²) >= 11 is 7.24. The lowest BCUT2D eigenvalue weighted by Crippen LogP contribution is -2.48. The Bertz CT molecular complexity index is 496. The molecule has 0 aromatic carbocycles. The molecule has 0 saturated carbocycles. The molecule has 1 fully saturated rings. The zero-order valence-electron chi connectivity index (χ0n) is 11.4. The van der Waals surface area contributed by atoms with Gasteiger partial charge in [-0.05, 0) is 31.5 Å². The molecule has 1 aliphatic heterocycles. The van der Waals surface area contributed by atoms with E-state index in [2.05, 4.69) is 5.32 Å². The first-order valence-corrected chi connectivity index (χ1v) is 7.73. The molecule has 2 rings (SSSR count). The zero-order valence-corrected chi connectivity index (χ0v) is 13.8. The van der Waals surface area contributed by atoms with Crippen molar-refractivity contribution in [3.05, 3.63) is 21.3 Å². The van der Waals surface area contributed by atoms with E-state index in [1.165, 1.54) is 11.3 Å². The quantitative estimate of drug-likeness (QED) is 0.853. The minimum Gasteiger partial charge on any atom is -0.480 e. The molecule has 0 spiro atoms. The summed E-state index contributed by atoms with van der Waals surface area (Å²) in [5, 5.41) is 11.9. The number of carboxylic acids is 1. The Morgan fingerprint density at radius 3 is 2.81 bits per heavy atom. The second-order valence-electron chi connectivity index (χ2n) is 4.80. The molecule has 0 radical (unpaired) electrons. The summed E-state index contributed by atoms with van der Waals surface area (Å²) in [5.74, 6) is -0.995. The number of aliphatic carboxylic acids is 1. The van der Waals surface area contributed by atoms with Gasteiger partial charge in [0.1, 0.15) is 6.04 Å². The number of carboxylic acid groups (broad SMARTS) is 1. The third kappa shape index (κ3) is 5.47. The van der Waals surface area contributed by atoms with E-state index in [-0.39, 0.29) is 24.9 Å². The predicted molar refractivity (Wildman–Crippen MR) is 85.3 cm³/mol. The number of nitrogens with one attached hydrogen (secondary N) is 1. The first-order chi connectivity index (χ1) is 9.56. The zero-order chi connectivity index (χ0) is 14.5. The van der Waals surface area contributed by atoms with Crippen LogP contribution >= 0.6 is 35.3 Å². The van der Waals surface area contributed by atoms with Crippen molar-refractivity contribution in [3.8, 4) is 0 Å². The third-order valence-corrected chi connectivity index (χ3v) is 4.57. The summed E-state index contributed by atoms with van der Waals surface area (Å²) in [4.78, 5) is 25.7. The van der Waals surface area contributed by atoms with Gasteiger partial charge in [-0.3, -0.25) is 14.5 Å². The molecular weight excluding hydrogens is 335 g/mol. The Morgan fingerprint density at radius 2 is 2.19 bits per heavy atom. The number of carbonyl (C=O) groups is 2. The molecule has 21 heavy (non-hydrogen) atoms. The van der Waals surface area contributed by atoms with Gasteiger partial charge in [-0.15, -0.1) is 23.7 Å². The number of nitrogens with zero attached hydrogens (tertiary/aromatic N) is 1. The molecule has 1 aromatic heterocycles. The highest BCUT2D eigenvalue weighted by atomic mass is 35.5. The maximum Gasteiger partial charge on any atom is 0.320 e. The molecule has 1 aromatic rings. The molecule has 1 aliphatic rings. The van der Waals surface area contributed by atoms with Gasteiger partial charge in [0.15, 0.2) is 0 Å². The Morgan fingerprint density at radius 1 is 1.43 bits per heavy atom. The number of rotatable bonds is 5. The highest BCUT2D eigenvalue weighted by Crippen LogP contribution is 2.21. The van der Waals surface area contributed by atoms with Crippen molar-refractivity contribution < 1.29 is 14.7 Å². The van der Waals surface area contributed by atoms with Crippen molar-refractivity contribution in [1.29, 1.82) is 0 Å². The van der Waals surface area contributed by atoms with Gasteiger partial charge in [0, 0.05) is 4.88 Å². The average Bonchev–Trinajstić information content (AvgIpc) is 2.83. The first-order valence-electron chi connectivity index (χ1n) is 6.54. The van der Waals surface area contributed by atoms with Crippen LogP contribution in [0, 0.1) is 0 Å².